The van der Waals surface area contributed by atoms with E-state index >= 15 is 0 Å². The molecule has 2 N–H and O–H groups in total. The molecule has 1 atom stereocenters. The fourth-order valence-electron chi connectivity index (χ4n) is 3.00. The molecular formula is C18H17N5O2. The summed E-state index contributed by atoms with van der Waals surface area (Å²) in [5, 5.41) is 0.941. The number of fused-ring (bicyclic) bond motifs is 1. The average molecular weight is 335 g/mol. The highest BCUT2D eigenvalue weighted by Crippen LogP contribution is 2.25. The van der Waals surface area contributed by atoms with Crippen LogP contribution >= 0.6 is 0 Å². The third-order valence-corrected chi connectivity index (χ3v) is 4.26. The summed E-state index contributed by atoms with van der Waals surface area (Å²) in [5.74, 6) is 0.292. The molecule has 7 nitrogen and oxygen atoms in total. The average Bonchev–Trinajstić information content (AvgIpc) is 2.67. The molecule has 1 aliphatic rings. The molecule has 0 spiro atoms. The van der Waals surface area contributed by atoms with E-state index < -0.39 is 0 Å². The smallest absolute Gasteiger partial charge is 0.254 e. The van der Waals surface area contributed by atoms with Crippen molar-refractivity contribution in [3.05, 3.63) is 60.2 Å². The molecular weight excluding hydrogens is 318 g/mol. The molecule has 25 heavy (non-hydrogen) atoms. The lowest BCUT2D eigenvalue weighted by atomic mass is 10.1. The fourth-order valence-corrected chi connectivity index (χ4v) is 3.00. The van der Waals surface area contributed by atoms with Crippen molar-refractivity contribution >= 4 is 22.6 Å². The Morgan fingerprint density at radius 2 is 2.04 bits per heavy atom. The summed E-state index contributed by atoms with van der Waals surface area (Å²) >= 11 is 0. The molecule has 0 bridgehead atoms. The maximum atomic E-state index is 12.9. The number of nitrogen functional groups attached to an aromatic ring is 1. The Morgan fingerprint density at radius 3 is 2.92 bits per heavy atom. The van der Waals surface area contributed by atoms with E-state index in [0.717, 1.165) is 10.9 Å². The standard InChI is InChI=1S/C18H17N5O2/c19-17-16(21-6-7-22-17)15-11-23(8-9-25-15)18(24)13-3-4-14-12(10-13)2-1-5-20-14/h1-7,10,15H,8-9,11H2,(H2,19,22). The molecule has 1 unspecified atom stereocenters. The number of pyridine rings is 1. The molecule has 0 radical (unpaired) electrons. The first kappa shape index (κ1) is 15.5. The zero-order chi connectivity index (χ0) is 17.2. The van der Waals surface area contributed by atoms with Gasteiger partial charge in [0.15, 0.2) is 0 Å². The van der Waals surface area contributed by atoms with Crippen molar-refractivity contribution in [1.82, 2.24) is 19.9 Å². The van der Waals surface area contributed by atoms with Gasteiger partial charge in [-0.15, -0.1) is 0 Å². The van der Waals surface area contributed by atoms with Crippen LogP contribution in [0.2, 0.25) is 0 Å². The predicted octanol–water partition coefficient (Wildman–Crippen LogP) is 1.82. The van der Waals surface area contributed by atoms with Crippen LogP contribution in [-0.4, -0.2) is 45.5 Å². The summed E-state index contributed by atoms with van der Waals surface area (Å²) in [6, 6.07) is 9.34. The summed E-state index contributed by atoms with van der Waals surface area (Å²) in [6.45, 7) is 1.36. The number of benzene rings is 1. The van der Waals surface area contributed by atoms with Crippen LogP contribution in [0.25, 0.3) is 10.9 Å². The van der Waals surface area contributed by atoms with Crippen molar-refractivity contribution in [2.24, 2.45) is 0 Å². The summed E-state index contributed by atoms with van der Waals surface area (Å²) in [7, 11) is 0. The Balaban J connectivity index is 1.58. The largest absolute Gasteiger partial charge is 0.382 e. The van der Waals surface area contributed by atoms with E-state index in [0.29, 0.717) is 36.8 Å². The number of hydrogen-bond acceptors (Lipinski definition) is 6. The van der Waals surface area contributed by atoms with Crippen LogP contribution in [0, 0.1) is 0 Å². The number of morpholine rings is 1. The highest BCUT2D eigenvalue weighted by atomic mass is 16.5. The van der Waals surface area contributed by atoms with Crippen molar-refractivity contribution in [1.29, 1.82) is 0 Å². The second kappa shape index (κ2) is 6.45. The molecule has 2 aromatic heterocycles. The minimum atomic E-state index is -0.367. The minimum Gasteiger partial charge on any atom is -0.382 e. The Hall–Kier alpha value is -3.06. The van der Waals surface area contributed by atoms with E-state index in [9.17, 15) is 4.79 Å². The summed E-state index contributed by atoms with van der Waals surface area (Å²) in [6.07, 6.45) is 4.48. The van der Waals surface area contributed by atoms with Crippen LogP contribution in [0.5, 0.6) is 0 Å². The number of amides is 1. The Bertz CT molecular complexity index is 930. The van der Waals surface area contributed by atoms with E-state index in [1.807, 2.05) is 24.3 Å². The van der Waals surface area contributed by atoms with Crippen LogP contribution in [0.15, 0.2) is 48.9 Å². The lowest BCUT2D eigenvalue weighted by Crippen LogP contribution is -2.42. The Labute approximate surface area is 144 Å². The van der Waals surface area contributed by atoms with Crippen LogP contribution in [0.4, 0.5) is 5.82 Å². The highest BCUT2D eigenvalue weighted by Gasteiger charge is 2.28. The number of carbonyl (C=O) groups excluding carboxylic acids is 1. The third kappa shape index (κ3) is 3.01. The SMILES string of the molecule is Nc1nccnc1C1CN(C(=O)c2ccc3ncccc3c2)CCO1. The molecule has 1 amide bonds. The Morgan fingerprint density at radius 1 is 1.16 bits per heavy atom. The summed E-state index contributed by atoms with van der Waals surface area (Å²) in [4.78, 5) is 27.2. The summed E-state index contributed by atoms with van der Waals surface area (Å²) < 4.78 is 5.74. The molecule has 0 saturated carbocycles. The van der Waals surface area contributed by atoms with Crippen molar-refractivity contribution in [3.8, 4) is 0 Å². The number of carbonyl (C=O) groups is 1. The number of hydrogen-bond donors (Lipinski definition) is 1. The van der Waals surface area contributed by atoms with E-state index in [4.69, 9.17) is 10.5 Å². The van der Waals surface area contributed by atoms with Crippen molar-refractivity contribution < 1.29 is 9.53 Å². The van der Waals surface area contributed by atoms with E-state index in [2.05, 4.69) is 15.0 Å². The fraction of sp³-hybridized carbons (Fsp3) is 0.222. The Kier molecular flexibility index (Phi) is 3.99. The van der Waals surface area contributed by atoms with Gasteiger partial charge in [-0.05, 0) is 24.3 Å². The quantitative estimate of drug-likeness (QED) is 0.768. The lowest BCUT2D eigenvalue weighted by molar-refractivity contribution is -0.0245. The molecule has 3 heterocycles. The molecule has 1 aliphatic heterocycles. The molecule has 3 aromatic rings. The van der Waals surface area contributed by atoms with Crippen LogP contribution in [0.1, 0.15) is 22.2 Å². The van der Waals surface area contributed by atoms with Gasteiger partial charge in [-0.25, -0.2) is 4.98 Å². The van der Waals surface area contributed by atoms with Gasteiger partial charge in [-0.2, -0.15) is 0 Å². The molecule has 4 rings (SSSR count). The highest BCUT2D eigenvalue weighted by molar-refractivity contribution is 5.98. The number of nitrogens with zero attached hydrogens (tertiary/aromatic N) is 4. The molecule has 7 heteroatoms. The van der Waals surface area contributed by atoms with Crippen LogP contribution in [0.3, 0.4) is 0 Å². The van der Waals surface area contributed by atoms with Gasteiger partial charge in [0.25, 0.3) is 5.91 Å². The van der Waals surface area contributed by atoms with Crippen LogP contribution < -0.4 is 5.73 Å². The van der Waals surface area contributed by atoms with E-state index in [-0.39, 0.29) is 12.0 Å². The topological polar surface area (TPSA) is 94.2 Å². The molecule has 1 fully saturated rings. The van der Waals surface area contributed by atoms with Crippen molar-refractivity contribution in [3.63, 3.8) is 0 Å². The zero-order valence-electron chi connectivity index (χ0n) is 13.5. The summed E-state index contributed by atoms with van der Waals surface area (Å²) in [5.41, 5.74) is 7.95. The maximum Gasteiger partial charge on any atom is 0.254 e. The normalized spacial score (nSPS) is 17.6. The number of nitrogens with two attached hydrogens (primary N) is 1. The minimum absolute atomic E-state index is 0.0403. The van der Waals surface area contributed by atoms with E-state index in [1.165, 1.54) is 6.20 Å². The number of ether oxygens (including phenoxy) is 1. The number of anilines is 1. The number of aromatic nitrogens is 3. The van der Waals surface area contributed by atoms with Gasteiger partial charge in [-0.1, -0.05) is 6.07 Å². The second-order valence-corrected chi connectivity index (χ2v) is 5.85. The van der Waals surface area contributed by atoms with Crippen molar-refractivity contribution in [2.45, 2.75) is 6.10 Å². The van der Waals surface area contributed by atoms with Crippen LogP contribution in [-0.2, 0) is 4.74 Å². The van der Waals surface area contributed by atoms with Gasteiger partial charge in [0.1, 0.15) is 17.6 Å². The maximum absolute atomic E-state index is 12.9. The third-order valence-electron chi connectivity index (χ3n) is 4.26. The van der Waals surface area contributed by atoms with Gasteiger partial charge in [-0.3, -0.25) is 14.8 Å². The van der Waals surface area contributed by atoms with E-state index in [1.54, 1.807) is 23.4 Å². The van der Waals surface area contributed by atoms with Gasteiger partial charge in [0.2, 0.25) is 0 Å². The second-order valence-electron chi connectivity index (χ2n) is 5.85. The molecule has 0 aliphatic carbocycles. The number of rotatable bonds is 2. The molecule has 1 aromatic carbocycles. The monoisotopic (exact) mass is 335 g/mol. The first-order valence-electron chi connectivity index (χ1n) is 8.04. The first-order valence-corrected chi connectivity index (χ1v) is 8.04. The van der Waals surface area contributed by atoms with Gasteiger partial charge < -0.3 is 15.4 Å². The molecule has 126 valence electrons. The predicted molar refractivity (Wildman–Crippen MR) is 92.8 cm³/mol. The lowest BCUT2D eigenvalue weighted by Gasteiger charge is -2.33. The zero-order valence-corrected chi connectivity index (χ0v) is 13.5. The van der Waals surface area contributed by atoms with Gasteiger partial charge >= 0.3 is 0 Å². The molecule has 1 saturated heterocycles. The van der Waals surface area contributed by atoms with Gasteiger partial charge in [0.05, 0.1) is 18.7 Å². The first-order chi connectivity index (χ1) is 12.2. The van der Waals surface area contributed by atoms with Gasteiger partial charge in [0, 0.05) is 36.1 Å². The van der Waals surface area contributed by atoms with Crippen molar-refractivity contribution in [2.75, 3.05) is 25.4 Å².